The van der Waals surface area contributed by atoms with E-state index in [0.29, 0.717) is 0 Å². The number of allylic oxidation sites excluding steroid dienone is 3. The van der Waals surface area contributed by atoms with Crippen LogP contribution in [0.15, 0.2) is 36.2 Å². The van der Waals surface area contributed by atoms with E-state index in [1.54, 1.807) is 0 Å². The van der Waals surface area contributed by atoms with Gasteiger partial charge in [0, 0.05) is 11.9 Å². The van der Waals surface area contributed by atoms with Crippen molar-refractivity contribution in [1.82, 2.24) is 11.5 Å². The van der Waals surface area contributed by atoms with Gasteiger partial charge in [0.2, 0.25) is 0 Å². The molecule has 0 fully saturated rings. The summed E-state index contributed by atoms with van der Waals surface area (Å²) in [5, 5.41) is 2.53. The average molecular weight is 179 g/mol. The van der Waals surface area contributed by atoms with Gasteiger partial charge >= 0.3 is 6.18 Å². The Morgan fingerprint density at radius 1 is 1.33 bits per heavy atom. The number of halogens is 3. The summed E-state index contributed by atoms with van der Waals surface area (Å²) in [5.41, 5.74) is -0.430. The molecular weight excluding hydrogens is 169 g/mol. The first-order valence-corrected chi connectivity index (χ1v) is 2.91. The van der Waals surface area contributed by atoms with Crippen molar-refractivity contribution < 1.29 is 13.2 Å². The quantitative estimate of drug-likeness (QED) is 0.589. The molecule has 0 aromatic rings. The molecule has 2 nitrogen and oxygen atoms in total. The Morgan fingerprint density at radius 2 is 1.92 bits per heavy atom. The minimum Gasteiger partial charge on any atom is -0.369 e. The van der Waals surface area contributed by atoms with Gasteiger partial charge in [0.1, 0.15) is 0 Å². The molecule has 1 rings (SSSR count). The first-order chi connectivity index (χ1) is 5.00. The SMILES string of the molecule is C=C1C=C(C(F)(F)F)C=CN1.[NH4+]. The molecule has 0 unspecified atom stereocenters. The van der Waals surface area contributed by atoms with Crippen LogP contribution in [0, 0.1) is 0 Å². The Hall–Kier alpha value is -1.23. The zero-order valence-corrected chi connectivity index (χ0v) is 6.57. The summed E-state index contributed by atoms with van der Waals surface area (Å²) in [4.78, 5) is 0. The Labute approximate surface area is 68.0 Å². The fourth-order valence-corrected chi connectivity index (χ4v) is 0.692. The molecule has 0 radical (unpaired) electrons. The summed E-state index contributed by atoms with van der Waals surface area (Å²) in [6.45, 7) is 3.34. The molecule has 1 aliphatic rings. The van der Waals surface area contributed by atoms with Crippen LogP contribution >= 0.6 is 0 Å². The van der Waals surface area contributed by atoms with Crippen molar-refractivity contribution in [3.63, 3.8) is 0 Å². The molecule has 5 heteroatoms. The second-order valence-electron chi connectivity index (χ2n) is 2.10. The lowest BCUT2D eigenvalue weighted by Crippen LogP contribution is -2.16. The third kappa shape index (κ3) is 2.43. The van der Waals surface area contributed by atoms with Gasteiger partial charge in [-0.1, -0.05) is 6.58 Å². The zero-order chi connectivity index (χ0) is 8.48. The van der Waals surface area contributed by atoms with Crippen molar-refractivity contribution in [2.24, 2.45) is 0 Å². The predicted octanol–water partition coefficient (Wildman–Crippen LogP) is 2.48. The Morgan fingerprint density at radius 3 is 2.25 bits per heavy atom. The highest BCUT2D eigenvalue weighted by molar-refractivity contribution is 5.35. The van der Waals surface area contributed by atoms with Crippen LogP contribution in [-0.2, 0) is 0 Å². The van der Waals surface area contributed by atoms with Crippen LogP contribution in [0.4, 0.5) is 13.2 Å². The van der Waals surface area contributed by atoms with E-state index in [1.165, 1.54) is 6.20 Å². The lowest BCUT2D eigenvalue weighted by Gasteiger charge is -2.12. The van der Waals surface area contributed by atoms with E-state index in [0.717, 1.165) is 12.2 Å². The maximum Gasteiger partial charge on any atom is 0.416 e. The van der Waals surface area contributed by atoms with Gasteiger partial charge in [0.05, 0.1) is 5.57 Å². The maximum atomic E-state index is 11.9. The van der Waals surface area contributed by atoms with Crippen molar-refractivity contribution in [2.75, 3.05) is 0 Å². The molecule has 5 N–H and O–H groups in total. The van der Waals surface area contributed by atoms with Gasteiger partial charge in [0.15, 0.2) is 0 Å². The van der Waals surface area contributed by atoms with Gasteiger partial charge in [-0.2, -0.15) is 13.2 Å². The van der Waals surface area contributed by atoms with Crippen LogP contribution in [0.25, 0.3) is 0 Å². The Kier molecular flexibility index (Phi) is 3.09. The van der Waals surface area contributed by atoms with Crippen LogP contribution in [0.3, 0.4) is 0 Å². The van der Waals surface area contributed by atoms with E-state index < -0.39 is 11.7 Å². The molecule has 0 atom stereocenters. The zero-order valence-electron chi connectivity index (χ0n) is 6.57. The molecular formula is C7H10F3N2+. The van der Waals surface area contributed by atoms with Gasteiger partial charge in [-0.25, -0.2) is 0 Å². The fourth-order valence-electron chi connectivity index (χ4n) is 0.692. The van der Waals surface area contributed by atoms with Gasteiger partial charge in [-0.3, -0.25) is 0 Å². The largest absolute Gasteiger partial charge is 0.416 e. The van der Waals surface area contributed by atoms with Crippen molar-refractivity contribution >= 4 is 0 Å². The highest BCUT2D eigenvalue weighted by Crippen LogP contribution is 2.28. The van der Waals surface area contributed by atoms with Crippen LogP contribution < -0.4 is 11.5 Å². The number of nitrogens with one attached hydrogen (secondary N) is 1. The summed E-state index contributed by atoms with van der Waals surface area (Å²) < 4.78 is 35.8. The minimum absolute atomic E-state index is 0. The molecule has 0 amide bonds. The molecule has 12 heavy (non-hydrogen) atoms. The first kappa shape index (κ1) is 10.8. The number of quaternary nitrogens is 1. The van der Waals surface area contributed by atoms with Crippen LogP contribution in [0.5, 0.6) is 0 Å². The summed E-state index contributed by atoms with van der Waals surface area (Å²) in [6, 6.07) is 0. The summed E-state index contributed by atoms with van der Waals surface area (Å²) in [5.74, 6) is 0. The summed E-state index contributed by atoms with van der Waals surface area (Å²) >= 11 is 0. The van der Waals surface area contributed by atoms with Gasteiger partial charge in [0.25, 0.3) is 0 Å². The second kappa shape index (κ2) is 3.44. The maximum absolute atomic E-state index is 11.9. The van der Waals surface area contributed by atoms with Crippen molar-refractivity contribution in [3.8, 4) is 0 Å². The van der Waals surface area contributed by atoms with Crippen LogP contribution in [0.1, 0.15) is 0 Å². The van der Waals surface area contributed by atoms with Gasteiger partial charge < -0.3 is 11.5 Å². The standard InChI is InChI=1S/C7H6F3N.H3N/c1-5-4-6(2-3-11-5)7(8,9)10;/h2-4,11H,1H2;1H3/p+1. The molecule has 0 bridgehead atoms. The van der Waals surface area contributed by atoms with Crippen molar-refractivity contribution in [1.29, 1.82) is 0 Å². The molecule has 0 spiro atoms. The average Bonchev–Trinajstić information content (AvgIpc) is 1.86. The van der Waals surface area contributed by atoms with Crippen molar-refractivity contribution in [3.05, 3.63) is 36.2 Å². The number of hydrogen-bond acceptors (Lipinski definition) is 1. The predicted molar refractivity (Wildman–Crippen MR) is 41.5 cm³/mol. The number of hydrogen-bond donors (Lipinski definition) is 2. The number of dihydropyridines is 1. The third-order valence-electron chi connectivity index (χ3n) is 1.19. The highest BCUT2D eigenvalue weighted by Gasteiger charge is 2.32. The van der Waals surface area contributed by atoms with Gasteiger partial charge in [-0.15, -0.1) is 0 Å². The van der Waals surface area contributed by atoms with E-state index in [9.17, 15) is 13.2 Å². The molecule has 1 heterocycles. The van der Waals surface area contributed by atoms with Crippen LogP contribution in [-0.4, -0.2) is 6.18 Å². The first-order valence-electron chi connectivity index (χ1n) is 2.91. The molecule has 0 aromatic heterocycles. The van der Waals surface area contributed by atoms with Crippen LogP contribution in [0.2, 0.25) is 0 Å². The molecule has 1 aliphatic heterocycles. The van der Waals surface area contributed by atoms with Crippen molar-refractivity contribution in [2.45, 2.75) is 6.18 Å². The fraction of sp³-hybridized carbons (Fsp3) is 0.143. The number of rotatable bonds is 0. The second-order valence-corrected chi connectivity index (χ2v) is 2.10. The highest BCUT2D eigenvalue weighted by atomic mass is 19.4. The number of alkyl halides is 3. The van der Waals surface area contributed by atoms with E-state index in [-0.39, 0.29) is 11.8 Å². The summed E-state index contributed by atoms with van der Waals surface area (Å²) in [7, 11) is 0. The monoisotopic (exact) mass is 179 g/mol. The van der Waals surface area contributed by atoms with E-state index >= 15 is 0 Å². The molecule has 68 valence electrons. The molecule has 0 aromatic carbocycles. The summed E-state index contributed by atoms with van der Waals surface area (Å²) in [6.07, 6.45) is -1.14. The lowest BCUT2D eigenvalue weighted by molar-refractivity contribution is -0.0884. The van der Waals surface area contributed by atoms with Gasteiger partial charge in [-0.05, 0) is 12.2 Å². The van der Waals surface area contributed by atoms with E-state index in [2.05, 4.69) is 11.9 Å². The Bertz CT molecular complexity index is 238. The third-order valence-corrected chi connectivity index (χ3v) is 1.19. The van der Waals surface area contributed by atoms with E-state index in [1.807, 2.05) is 0 Å². The molecule has 0 aliphatic carbocycles. The lowest BCUT2D eigenvalue weighted by atomic mass is 10.2. The molecule has 0 saturated carbocycles. The van der Waals surface area contributed by atoms with E-state index in [4.69, 9.17) is 0 Å². The Balaban J connectivity index is 0.00000121. The normalized spacial score (nSPS) is 16.2. The smallest absolute Gasteiger partial charge is 0.369 e. The topological polar surface area (TPSA) is 48.5 Å². The minimum atomic E-state index is -4.28. The molecule has 0 saturated heterocycles.